The first-order valence-corrected chi connectivity index (χ1v) is 6.01. The number of carbonyl (C=O) groups is 1. The highest BCUT2D eigenvalue weighted by molar-refractivity contribution is 6.17. The highest BCUT2D eigenvalue weighted by atomic mass is 35.5. The van der Waals surface area contributed by atoms with Gasteiger partial charge in [-0.05, 0) is 0 Å². The van der Waals surface area contributed by atoms with E-state index in [9.17, 15) is 9.59 Å². The summed E-state index contributed by atoms with van der Waals surface area (Å²) in [6.07, 6.45) is 1.44. The summed E-state index contributed by atoms with van der Waals surface area (Å²) in [5.74, 6) is 0.119. The third kappa shape index (κ3) is 3.09. The van der Waals surface area contributed by atoms with E-state index in [1.807, 2.05) is 0 Å². The summed E-state index contributed by atoms with van der Waals surface area (Å²) < 4.78 is 6.81. The summed E-state index contributed by atoms with van der Waals surface area (Å²) in [6.45, 7) is 1.88. The van der Waals surface area contributed by atoms with Crippen LogP contribution in [0.1, 0.15) is 6.92 Å². The number of hydrogen-bond donors (Lipinski definition) is 2. The molecule has 2 rings (SSSR count). The molecule has 0 aliphatic rings. The number of carbonyl (C=O) groups excluding carboxylic acids is 1. The van der Waals surface area contributed by atoms with E-state index in [0.717, 1.165) is 0 Å². The number of nitrogens with zero attached hydrogens (tertiary/aromatic N) is 3. The molecule has 2 N–H and O–H groups in total. The third-order valence-electron chi connectivity index (χ3n) is 2.22. The average molecular weight is 286 g/mol. The van der Waals surface area contributed by atoms with E-state index in [1.165, 1.54) is 13.3 Å². The number of amides is 1. The Bertz CT molecular complexity index is 650. The SMILES string of the molecule is CC(=O)Nc1nc2c(ncn2COCCCl)c(=O)[nH]1. The largest absolute Gasteiger partial charge is 0.359 e. The number of aromatic amines is 1. The maximum Gasteiger partial charge on any atom is 0.280 e. The molecule has 2 aromatic heterocycles. The number of ether oxygens (including phenoxy) is 1. The van der Waals surface area contributed by atoms with Crippen LogP contribution in [-0.2, 0) is 16.3 Å². The quantitative estimate of drug-likeness (QED) is 0.607. The van der Waals surface area contributed by atoms with Crippen molar-refractivity contribution in [3.8, 4) is 0 Å². The number of rotatable bonds is 5. The van der Waals surface area contributed by atoms with Crippen LogP contribution in [0.3, 0.4) is 0 Å². The minimum Gasteiger partial charge on any atom is -0.359 e. The zero-order valence-corrected chi connectivity index (χ0v) is 10.9. The van der Waals surface area contributed by atoms with Gasteiger partial charge in [0.15, 0.2) is 11.2 Å². The van der Waals surface area contributed by atoms with Gasteiger partial charge in [0, 0.05) is 12.8 Å². The molecule has 0 spiro atoms. The lowest BCUT2D eigenvalue weighted by molar-refractivity contribution is -0.114. The van der Waals surface area contributed by atoms with E-state index in [0.29, 0.717) is 18.1 Å². The molecule has 0 aromatic carbocycles. The van der Waals surface area contributed by atoms with Crippen LogP contribution in [0.5, 0.6) is 0 Å². The standard InChI is InChI=1S/C10H12ClN5O3/c1-6(17)13-10-14-8-7(9(18)15-10)12-4-16(8)5-19-3-2-11/h4H,2-3,5H2,1H3,(H2,13,14,15,17,18). The van der Waals surface area contributed by atoms with Crippen molar-refractivity contribution in [2.75, 3.05) is 17.8 Å². The van der Waals surface area contributed by atoms with Crippen LogP contribution >= 0.6 is 11.6 Å². The molecule has 0 fully saturated rings. The summed E-state index contributed by atoms with van der Waals surface area (Å²) in [6, 6.07) is 0. The van der Waals surface area contributed by atoms with Crippen molar-refractivity contribution >= 4 is 34.6 Å². The van der Waals surface area contributed by atoms with Gasteiger partial charge >= 0.3 is 0 Å². The lowest BCUT2D eigenvalue weighted by Crippen LogP contribution is -2.17. The van der Waals surface area contributed by atoms with Gasteiger partial charge in [-0.2, -0.15) is 4.98 Å². The molecular formula is C10H12ClN5O3. The third-order valence-corrected chi connectivity index (χ3v) is 2.38. The molecule has 2 heterocycles. The second-order valence-corrected chi connectivity index (χ2v) is 4.09. The fourth-order valence-corrected chi connectivity index (χ4v) is 1.60. The first-order chi connectivity index (χ1) is 9.11. The summed E-state index contributed by atoms with van der Waals surface area (Å²) in [5, 5.41) is 2.41. The minimum atomic E-state index is -0.426. The van der Waals surface area contributed by atoms with Crippen molar-refractivity contribution in [3.05, 3.63) is 16.7 Å². The molecule has 0 unspecified atom stereocenters. The van der Waals surface area contributed by atoms with Crippen LogP contribution in [0.2, 0.25) is 0 Å². The maximum atomic E-state index is 11.7. The van der Waals surface area contributed by atoms with Gasteiger partial charge in [-0.15, -0.1) is 11.6 Å². The molecule has 102 valence electrons. The first kappa shape index (κ1) is 13.5. The van der Waals surface area contributed by atoms with Gasteiger partial charge in [-0.3, -0.25) is 24.5 Å². The van der Waals surface area contributed by atoms with Gasteiger partial charge < -0.3 is 4.74 Å². The topological polar surface area (TPSA) is 102 Å². The number of hydrogen-bond acceptors (Lipinski definition) is 5. The van der Waals surface area contributed by atoms with Gasteiger partial charge in [-0.1, -0.05) is 0 Å². The van der Waals surface area contributed by atoms with Crippen molar-refractivity contribution in [2.24, 2.45) is 0 Å². The molecule has 0 aliphatic carbocycles. The molecule has 0 atom stereocenters. The number of H-pyrrole nitrogens is 1. The zero-order chi connectivity index (χ0) is 13.8. The van der Waals surface area contributed by atoms with Gasteiger partial charge in [0.1, 0.15) is 6.73 Å². The Labute approximate surface area is 112 Å². The summed E-state index contributed by atoms with van der Waals surface area (Å²) in [5.41, 5.74) is 0.0930. The molecule has 0 saturated heterocycles. The molecule has 1 amide bonds. The summed E-state index contributed by atoms with van der Waals surface area (Å²) in [7, 11) is 0. The van der Waals surface area contributed by atoms with Gasteiger partial charge in [-0.25, -0.2) is 4.98 Å². The minimum absolute atomic E-state index is 0.0732. The summed E-state index contributed by atoms with van der Waals surface area (Å²) >= 11 is 5.50. The van der Waals surface area contributed by atoms with Crippen LogP contribution in [0.15, 0.2) is 11.1 Å². The highest BCUT2D eigenvalue weighted by Gasteiger charge is 2.10. The van der Waals surface area contributed by atoms with Crippen LogP contribution in [-0.4, -0.2) is 37.9 Å². The first-order valence-electron chi connectivity index (χ1n) is 5.48. The lowest BCUT2D eigenvalue weighted by Gasteiger charge is -2.05. The number of fused-ring (bicyclic) bond motifs is 1. The normalized spacial score (nSPS) is 10.8. The number of nitrogens with one attached hydrogen (secondary N) is 2. The molecule has 0 bridgehead atoms. The van der Waals surface area contributed by atoms with Crippen molar-refractivity contribution in [1.82, 2.24) is 19.5 Å². The molecule has 19 heavy (non-hydrogen) atoms. The van der Waals surface area contributed by atoms with Gasteiger partial charge in [0.05, 0.1) is 12.9 Å². The number of halogens is 1. The Morgan fingerprint density at radius 1 is 1.63 bits per heavy atom. The van der Waals surface area contributed by atoms with Crippen LogP contribution in [0, 0.1) is 0 Å². The highest BCUT2D eigenvalue weighted by Crippen LogP contribution is 2.08. The van der Waals surface area contributed by atoms with Crippen molar-refractivity contribution in [2.45, 2.75) is 13.7 Å². The number of imidazole rings is 1. The van der Waals surface area contributed by atoms with Crippen molar-refractivity contribution in [1.29, 1.82) is 0 Å². The molecule has 8 nitrogen and oxygen atoms in total. The van der Waals surface area contributed by atoms with E-state index in [4.69, 9.17) is 16.3 Å². The molecule has 0 radical (unpaired) electrons. The Balaban J connectivity index is 2.36. The van der Waals surface area contributed by atoms with E-state index in [2.05, 4.69) is 20.3 Å². The Morgan fingerprint density at radius 2 is 2.42 bits per heavy atom. The number of aromatic nitrogens is 4. The molecule has 0 aliphatic heterocycles. The fourth-order valence-electron chi connectivity index (χ4n) is 1.49. The van der Waals surface area contributed by atoms with Crippen molar-refractivity contribution < 1.29 is 9.53 Å². The number of anilines is 1. The Kier molecular flexibility index (Phi) is 4.13. The monoisotopic (exact) mass is 285 g/mol. The predicted molar refractivity (Wildman–Crippen MR) is 69.1 cm³/mol. The average Bonchev–Trinajstić information content (AvgIpc) is 2.72. The zero-order valence-electron chi connectivity index (χ0n) is 10.1. The Morgan fingerprint density at radius 3 is 3.11 bits per heavy atom. The maximum absolute atomic E-state index is 11.7. The van der Waals surface area contributed by atoms with E-state index in [-0.39, 0.29) is 24.1 Å². The van der Waals surface area contributed by atoms with E-state index in [1.54, 1.807) is 4.57 Å². The van der Waals surface area contributed by atoms with Crippen LogP contribution in [0.25, 0.3) is 11.2 Å². The van der Waals surface area contributed by atoms with Crippen LogP contribution in [0.4, 0.5) is 5.95 Å². The smallest absolute Gasteiger partial charge is 0.280 e. The molecule has 0 saturated carbocycles. The molecular weight excluding hydrogens is 274 g/mol. The fraction of sp³-hybridized carbons (Fsp3) is 0.400. The number of alkyl halides is 1. The van der Waals surface area contributed by atoms with Crippen LogP contribution < -0.4 is 10.9 Å². The Hall–Kier alpha value is -1.93. The van der Waals surface area contributed by atoms with Gasteiger partial charge in [0.25, 0.3) is 5.56 Å². The molecule has 2 aromatic rings. The second kappa shape index (κ2) is 5.81. The molecule has 9 heteroatoms. The van der Waals surface area contributed by atoms with Crippen molar-refractivity contribution in [3.63, 3.8) is 0 Å². The predicted octanol–water partition coefficient (Wildman–Crippen LogP) is 0.291. The lowest BCUT2D eigenvalue weighted by atomic mass is 10.5. The summed E-state index contributed by atoms with van der Waals surface area (Å²) in [4.78, 5) is 33.2. The van der Waals surface area contributed by atoms with E-state index >= 15 is 0 Å². The second-order valence-electron chi connectivity index (χ2n) is 3.71. The van der Waals surface area contributed by atoms with Gasteiger partial charge in [0.2, 0.25) is 11.9 Å². The van der Waals surface area contributed by atoms with E-state index < -0.39 is 5.56 Å².